The van der Waals surface area contributed by atoms with Gasteiger partial charge in [0.05, 0.1) is 10.6 Å². The zero-order valence-corrected chi connectivity index (χ0v) is 19.7. The third-order valence-electron chi connectivity index (χ3n) is 5.33. The Morgan fingerprint density at radius 2 is 1.47 bits per heavy atom. The summed E-state index contributed by atoms with van der Waals surface area (Å²) in [6, 6.07) is 20.8. The Morgan fingerprint density at radius 3 is 2.03 bits per heavy atom. The number of hydrogen-bond donors (Lipinski definition) is 1. The third kappa shape index (κ3) is 5.79. The Hall–Kier alpha value is -3.72. The van der Waals surface area contributed by atoms with Crippen molar-refractivity contribution in [2.45, 2.75) is 24.4 Å². The number of sulfonamides is 1. The highest BCUT2D eigenvalue weighted by Gasteiger charge is 2.32. The van der Waals surface area contributed by atoms with Crippen molar-refractivity contribution in [1.82, 2.24) is 10.2 Å². The first-order valence-electron chi connectivity index (χ1n) is 10.6. The van der Waals surface area contributed by atoms with Gasteiger partial charge in [0.25, 0.3) is 10.0 Å². The Morgan fingerprint density at radius 1 is 0.912 bits per heavy atom. The maximum atomic E-state index is 13.5. The molecule has 0 spiro atoms. The highest BCUT2D eigenvalue weighted by Crippen LogP contribution is 2.24. The van der Waals surface area contributed by atoms with E-state index in [0.29, 0.717) is 0 Å². The van der Waals surface area contributed by atoms with Crippen LogP contribution in [0.1, 0.15) is 12.5 Å². The summed E-state index contributed by atoms with van der Waals surface area (Å²) in [5, 5.41) is 2.53. The van der Waals surface area contributed by atoms with Gasteiger partial charge >= 0.3 is 0 Å². The summed E-state index contributed by atoms with van der Waals surface area (Å²) >= 11 is 0. The summed E-state index contributed by atoms with van der Waals surface area (Å²) in [6.45, 7) is 1.16. The van der Waals surface area contributed by atoms with Gasteiger partial charge in [-0.15, -0.1) is 0 Å². The molecule has 0 aliphatic carbocycles. The summed E-state index contributed by atoms with van der Waals surface area (Å²) in [5.41, 5.74) is 1.06. The van der Waals surface area contributed by atoms with E-state index in [1.165, 1.54) is 11.9 Å². The zero-order valence-electron chi connectivity index (χ0n) is 18.9. The molecule has 0 unspecified atom stereocenters. The molecule has 3 aromatic rings. The third-order valence-corrected chi connectivity index (χ3v) is 7.12. The highest BCUT2D eigenvalue weighted by molar-refractivity contribution is 7.92. The van der Waals surface area contributed by atoms with Crippen LogP contribution in [0.25, 0.3) is 0 Å². The maximum absolute atomic E-state index is 13.5. The minimum Gasteiger partial charge on any atom is -0.357 e. The van der Waals surface area contributed by atoms with Crippen molar-refractivity contribution in [2.75, 3.05) is 17.9 Å². The molecular formula is C25H26FN3O4S. The lowest BCUT2D eigenvalue weighted by atomic mass is 10.1. The first-order valence-corrected chi connectivity index (χ1v) is 12.1. The number of rotatable bonds is 9. The molecule has 2 amide bonds. The van der Waals surface area contributed by atoms with E-state index in [1.54, 1.807) is 37.3 Å². The second-order valence-corrected chi connectivity index (χ2v) is 9.46. The molecule has 34 heavy (non-hydrogen) atoms. The number of halogens is 1. The van der Waals surface area contributed by atoms with E-state index >= 15 is 0 Å². The van der Waals surface area contributed by atoms with Crippen molar-refractivity contribution in [3.63, 3.8) is 0 Å². The number of nitrogens with zero attached hydrogens (tertiary/aromatic N) is 2. The second-order valence-electron chi connectivity index (χ2n) is 7.60. The van der Waals surface area contributed by atoms with Gasteiger partial charge in [0.2, 0.25) is 11.8 Å². The van der Waals surface area contributed by atoms with Gasteiger partial charge in [0, 0.05) is 13.6 Å². The predicted octanol–water partition coefficient (Wildman–Crippen LogP) is 3.18. The predicted molar refractivity (Wildman–Crippen MR) is 128 cm³/mol. The van der Waals surface area contributed by atoms with Crippen molar-refractivity contribution in [2.24, 2.45) is 0 Å². The Labute approximate surface area is 198 Å². The standard InChI is InChI=1S/C25H26FN3O4S/c1-19(25(31)27-2)28(17-20-9-5-3-6-10-20)24(30)18-29(22-11-7-4-8-12-22)34(32,33)23-15-13-21(26)14-16-23/h3-16,19H,17-18H2,1-2H3,(H,27,31)/t19-/m1/s1. The van der Waals surface area contributed by atoms with Crippen LogP contribution in [0, 0.1) is 5.82 Å². The van der Waals surface area contributed by atoms with Gasteiger partial charge in [-0.3, -0.25) is 13.9 Å². The average Bonchev–Trinajstić information content (AvgIpc) is 2.86. The van der Waals surface area contributed by atoms with Crippen LogP contribution >= 0.6 is 0 Å². The number of para-hydroxylation sites is 1. The first-order chi connectivity index (χ1) is 16.2. The van der Waals surface area contributed by atoms with Gasteiger partial charge in [-0.1, -0.05) is 48.5 Å². The molecule has 0 saturated heterocycles. The Balaban J connectivity index is 1.99. The highest BCUT2D eigenvalue weighted by atomic mass is 32.2. The van der Waals surface area contributed by atoms with E-state index in [9.17, 15) is 22.4 Å². The Bertz CT molecular complexity index is 1220. The van der Waals surface area contributed by atoms with Crippen molar-refractivity contribution in [3.8, 4) is 0 Å². The lowest BCUT2D eigenvalue weighted by Gasteiger charge is -2.31. The lowest BCUT2D eigenvalue weighted by Crippen LogP contribution is -2.50. The molecule has 178 valence electrons. The van der Waals surface area contributed by atoms with E-state index in [-0.39, 0.29) is 23.0 Å². The lowest BCUT2D eigenvalue weighted by molar-refractivity contribution is -0.139. The van der Waals surface area contributed by atoms with Gasteiger partial charge in [-0.05, 0) is 48.9 Å². The second kappa shape index (κ2) is 10.9. The summed E-state index contributed by atoms with van der Waals surface area (Å²) < 4.78 is 41.3. The fourth-order valence-corrected chi connectivity index (χ4v) is 4.84. The minimum atomic E-state index is -4.21. The average molecular weight is 484 g/mol. The number of nitrogens with one attached hydrogen (secondary N) is 1. The molecule has 7 nitrogen and oxygen atoms in total. The monoisotopic (exact) mass is 483 g/mol. The summed E-state index contributed by atoms with van der Waals surface area (Å²) in [5.74, 6) is -1.51. The fourth-order valence-electron chi connectivity index (χ4n) is 3.43. The van der Waals surface area contributed by atoms with E-state index in [2.05, 4.69) is 5.32 Å². The molecule has 0 heterocycles. The molecule has 0 fully saturated rings. The van der Waals surface area contributed by atoms with Crippen LogP contribution in [0.2, 0.25) is 0 Å². The largest absolute Gasteiger partial charge is 0.357 e. The molecule has 1 atom stereocenters. The van der Waals surface area contributed by atoms with Crippen LogP contribution < -0.4 is 9.62 Å². The van der Waals surface area contributed by atoms with Crippen molar-refractivity contribution in [3.05, 3.63) is 96.3 Å². The van der Waals surface area contributed by atoms with Crippen molar-refractivity contribution in [1.29, 1.82) is 0 Å². The van der Waals surface area contributed by atoms with Gasteiger partial charge in [0.1, 0.15) is 18.4 Å². The Kier molecular flexibility index (Phi) is 8.01. The van der Waals surface area contributed by atoms with Crippen LogP contribution in [-0.2, 0) is 26.2 Å². The van der Waals surface area contributed by atoms with Gasteiger partial charge in [-0.2, -0.15) is 0 Å². The van der Waals surface area contributed by atoms with Gasteiger partial charge in [-0.25, -0.2) is 12.8 Å². The normalized spacial score (nSPS) is 12.0. The maximum Gasteiger partial charge on any atom is 0.264 e. The van der Waals surface area contributed by atoms with Gasteiger partial charge in [0.15, 0.2) is 0 Å². The van der Waals surface area contributed by atoms with Crippen molar-refractivity contribution >= 4 is 27.5 Å². The van der Waals surface area contributed by atoms with Crippen LogP contribution in [0.4, 0.5) is 10.1 Å². The summed E-state index contributed by atoms with van der Waals surface area (Å²) in [7, 11) is -2.73. The number of carbonyl (C=O) groups excluding carboxylic acids is 2. The first kappa shape index (κ1) is 24.9. The van der Waals surface area contributed by atoms with E-state index in [0.717, 1.165) is 34.1 Å². The molecule has 0 aliphatic heterocycles. The molecule has 1 N–H and O–H groups in total. The molecule has 0 radical (unpaired) electrons. The molecule has 0 aromatic heterocycles. The molecular weight excluding hydrogens is 457 g/mol. The smallest absolute Gasteiger partial charge is 0.264 e. The summed E-state index contributed by atoms with van der Waals surface area (Å²) in [6.07, 6.45) is 0. The van der Waals surface area contributed by atoms with Crippen molar-refractivity contribution < 1.29 is 22.4 Å². The molecule has 3 rings (SSSR count). The summed E-state index contributed by atoms with van der Waals surface area (Å²) in [4.78, 5) is 27.1. The minimum absolute atomic E-state index is 0.119. The quantitative estimate of drug-likeness (QED) is 0.507. The molecule has 3 aromatic carbocycles. The fraction of sp³-hybridized carbons (Fsp3) is 0.200. The zero-order chi connectivity index (χ0) is 24.7. The molecule has 0 aliphatic rings. The molecule has 0 bridgehead atoms. The van der Waals surface area contributed by atoms with E-state index in [1.807, 2.05) is 30.3 Å². The van der Waals surface area contributed by atoms with Crippen LogP contribution in [0.3, 0.4) is 0 Å². The van der Waals surface area contributed by atoms with E-state index in [4.69, 9.17) is 0 Å². The number of benzene rings is 3. The number of likely N-dealkylation sites (N-methyl/N-ethyl adjacent to an activating group) is 1. The van der Waals surface area contributed by atoms with Crippen LogP contribution in [-0.4, -0.2) is 44.8 Å². The SMILES string of the molecule is CNC(=O)[C@@H](C)N(Cc1ccccc1)C(=O)CN(c1ccccc1)S(=O)(=O)c1ccc(F)cc1. The number of amides is 2. The number of carbonyl (C=O) groups is 2. The molecule has 0 saturated carbocycles. The number of anilines is 1. The van der Waals surface area contributed by atoms with Gasteiger partial charge < -0.3 is 10.2 Å². The van der Waals surface area contributed by atoms with Crippen LogP contribution in [0.15, 0.2) is 89.8 Å². The van der Waals surface area contributed by atoms with E-state index < -0.39 is 34.3 Å². The number of hydrogen-bond acceptors (Lipinski definition) is 4. The molecule has 9 heteroatoms. The van der Waals surface area contributed by atoms with Crippen LogP contribution in [0.5, 0.6) is 0 Å². The topological polar surface area (TPSA) is 86.8 Å².